The highest BCUT2D eigenvalue weighted by Gasteiger charge is 2.06. The SMILES string of the molecule is O=C(CCNc1ccccc1Oc1ccccc1)NCCc1ccc(F)cc1. The van der Waals surface area contributed by atoms with Gasteiger partial charge in [0.15, 0.2) is 5.75 Å². The standard InChI is InChI=1S/C23H23FN2O2/c24-19-12-10-18(11-13-19)14-16-26-23(27)15-17-25-21-8-4-5-9-22(21)28-20-6-2-1-3-7-20/h1-13,25H,14-17H2,(H,26,27). The summed E-state index contributed by atoms with van der Waals surface area (Å²) < 4.78 is 18.8. The largest absolute Gasteiger partial charge is 0.455 e. The van der Waals surface area contributed by atoms with Crippen LogP contribution in [0.25, 0.3) is 0 Å². The summed E-state index contributed by atoms with van der Waals surface area (Å²) in [4.78, 5) is 12.0. The van der Waals surface area contributed by atoms with Gasteiger partial charge in [-0.3, -0.25) is 4.79 Å². The van der Waals surface area contributed by atoms with E-state index in [0.717, 1.165) is 17.0 Å². The third kappa shape index (κ3) is 6.13. The third-order valence-electron chi connectivity index (χ3n) is 4.17. The highest BCUT2D eigenvalue weighted by molar-refractivity contribution is 5.76. The van der Waals surface area contributed by atoms with Gasteiger partial charge in [0, 0.05) is 19.5 Å². The van der Waals surface area contributed by atoms with E-state index in [9.17, 15) is 9.18 Å². The summed E-state index contributed by atoms with van der Waals surface area (Å²) in [5, 5.41) is 6.13. The zero-order valence-electron chi connectivity index (χ0n) is 15.5. The van der Waals surface area contributed by atoms with Gasteiger partial charge < -0.3 is 15.4 Å². The Morgan fingerprint density at radius 2 is 1.57 bits per heavy atom. The number of halogens is 1. The van der Waals surface area contributed by atoms with Gasteiger partial charge >= 0.3 is 0 Å². The van der Waals surface area contributed by atoms with Crippen molar-refractivity contribution in [2.24, 2.45) is 0 Å². The highest BCUT2D eigenvalue weighted by Crippen LogP contribution is 2.28. The Bertz CT molecular complexity index is 883. The van der Waals surface area contributed by atoms with Crippen LogP contribution in [0, 0.1) is 5.82 Å². The quantitative estimate of drug-likeness (QED) is 0.563. The molecule has 0 aromatic heterocycles. The predicted octanol–water partition coefficient (Wildman–Crippen LogP) is 4.78. The van der Waals surface area contributed by atoms with E-state index in [1.54, 1.807) is 12.1 Å². The molecule has 0 saturated carbocycles. The molecule has 28 heavy (non-hydrogen) atoms. The summed E-state index contributed by atoms with van der Waals surface area (Å²) >= 11 is 0. The monoisotopic (exact) mass is 378 g/mol. The summed E-state index contributed by atoms with van der Waals surface area (Å²) in [5.74, 6) is 1.19. The van der Waals surface area contributed by atoms with Crippen molar-refractivity contribution in [2.45, 2.75) is 12.8 Å². The summed E-state index contributed by atoms with van der Waals surface area (Å²) in [6.45, 7) is 1.02. The Morgan fingerprint density at radius 1 is 0.857 bits per heavy atom. The van der Waals surface area contributed by atoms with Crippen molar-refractivity contribution in [1.82, 2.24) is 5.32 Å². The minimum absolute atomic E-state index is 0.0314. The first-order valence-corrected chi connectivity index (χ1v) is 9.27. The molecule has 3 aromatic rings. The van der Waals surface area contributed by atoms with Gasteiger partial charge in [0.05, 0.1) is 5.69 Å². The molecule has 1 amide bonds. The average molecular weight is 378 g/mol. The van der Waals surface area contributed by atoms with Crippen LogP contribution in [-0.4, -0.2) is 19.0 Å². The summed E-state index contributed by atoms with van der Waals surface area (Å²) in [7, 11) is 0. The fraction of sp³-hybridized carbons (Fsp3) is 0.174. The number of hydrogen-bond donors (Lipinski definition) is 2. The first kappa shape index (κ1) is 19.4. The van der Waals surface area contributed by atoms with Gasteiger partial charge in [0.1, 0.15) is 11.6 Å². The lowest BCUT2D eigenvalue weighted by molar-refractivity contribution is -0.120. The second-order valence-electron chi connectivity index (χ2n) is 6.31. The average Bonchev–Trinajstić information content (AvgIpc) is 2.72. The van der Waals surface area contributed by atoms with Crippen LogP contribution in [0.5, 0.6) is 11.5 Å². The van der Waals surface area contributed by atoms with Gasteiger partial charge in [0.25, 0.3) is 0 Å². The van der Waals surface area contributed by atoms with Crippen LogP contribution in [0.2, 0.25) is 0 Å². The summed E-state index contributed by atoms with van der Waals surface area (Å²) in [6, 6.07) is 23.5. The topological polar surface area (TPSA) is 50.4 Å². The molecule has 0 radical (unpaired) electrons. The lowest BCUT2D eigenvalue weighted by atomic mass is 10.1. The van der Waals surface area contributed by atoms with Crippen molar-refractivity contribution in [2.75, 3.05) is 18.4 Å². The van der Waals surface area contributed by atoms with Gasteiger partial charge in [-0.1, -0.05) is 42.5 Å². The second-order valence-corrected chi connectivity index (χ2v) is 6.31. The molecule has 2 N–H and O–H groups in total. The van der Waals surface area contributed by atoms with E-state index in [0.29, 0.717) is 31.7 Å². The molecular formula is C23H23FN2O2. The summed E-state index contributed by atoms with van der Waals surface area (Å²) in [5.41, 5.74) is 1.83. The van der Waals surface area contributed by atoms with Crippen molar-refractivity contribution in [1.29, 1.82) is 0 Å². The van der Waals surface area contributed by atoms with Crippen LogP contribution in [0.15, 0.2) is 78.9 Å². The minimum Gasteiger partial charge on any atom is -0.455 e. The molecule has 0 atom stereocenters. The van der Waals surface area contributed by atoms with Gasteiger partial charge in [-0.05, 0) is 48.4 Å². The van der Waals surface area contributed by atoms with Gasteiger partial charge in [0.2, 0.25) is 5.91 Å². The maximum Gasteiger partial charge on any atom is 0.221 e. The molecule has 0 spiro atoms. The molecule has 0 fully saturated rings. The van der Waals surface area contributed by atoms with E-state index in [2.05, 4.69) is 10.6 Å². The lowest BCUT2D eigenvalue weighted by Gasteiger charge is -2.13. The fourth-order valence-electron chi connectivity index (χ4n) is 2.71. The van der Waals surface area contributed by atoms with Crippen LogP contribution < -0.4 is 15.4 Å². The molecule has 0 aliphatic heterocycles. The van der Waals surface area contributed by atoms with Crippen molar-refractivity contribution in [3.8, 4) is 11.5 Å². The number of hydrogen-bond acceptors (Lipinski definition) is 3. The Labute approximate surface area is 164 Å². The maximum atomic E-state index is 12.9. The molecular weight excluding hydrogens is 355 g/mol. The highest BCUT2D eigenvalue weighted by atomic mass is 19.1. The number of nitrogens with one attached hydrogen (secondary N) is 2. The number of amides is 1. The molecule has 5 heteroatoms. The van der Waals surface area contributed by atoms with Crippen LogP contribution in [-0.2, 0) is 11.2 Å². The molecule has 3 rings (SSSR count). The summed E-state index contributed by atoms with van der Waals surface area (Å²) in [6.07, 6.45) is 1.02. The van der Waals surface area contributed by atoms with Crippen molar-refractivity contribution < 1.29 is 13.9 Å². The maximum absolute atomic E-state index is 12.9. The number of rotatable bonds is 9. The predicted molar refractivity (Wildman–Crippen MR) is 109 cm³/mol. The van der Waals surface area contributed by atoms with Gasteiger partial charge in [-0.25, -0.2) is 4.39 Å². The van der Waals surface area contributed by atoms with E-state index in [1.807, 2.05) is 54.6 Å². The molecule has 0 aliphatic rings. The Balaban J connectivity index is 1.42. The molecule has 0 heterocycles. The number of para-hydroxylation sites is 3. The number of anilines is 1. The number of ether oxygens (including phenoxy) is 1. The fourth-order valence-corrected chi connectivity index (χ4v) is 2.71. The molecule has 0 saturated heterocycles. The first-order chi connectivity index (χ1) is 13.7. The van der Waals surface area contributed by atoms with E-state index >= 15 is 0 Å². The smallest absolute Gasteiger partial charge is 0.221 e. The number of benzene rings is 3. The molecule has 3 aromatic carbocycles. The number of carbonyl (C=O) groups is 1. The van der Waals surface area contributed by atoms with E-state index < -0.39 is 0 Å². The zero-order chi connectivity index (χ0) is 19.6. The first-order valence-electron chi connectivity index (χ1n) is 9.27. The number of carbonyl (C=O) groups excluding carboxylic acids is 1. The molecule has 0 aliphatic carbocycles. The van der Waals surface area contributed by atoms with E-state index in [1.165, 1.54) is 12.1 Å². The van der Waals surface area contributed by atoms with Crippen molar-refractivity contribution in [3.05, 3.63) is 90.2 Å². The molecule has 0 unspecified atom stereocenters. The minimum atomic E-state index is -0.254. The second kappa shape index (κ2) is 10.1. The molecule has 0 bridgehead atoms. The van der Waals surface area contributed by atoms with E-state index in [-0.39, 0.29) is 11.7 Å². The normalized spacial score (nSPS) is 10.3. The van der Waals surface area contributed by atoms with Crippen LogP contribution >= 0.6 is 0 Å². The van der Waals surface area contributed by atoms with Crippen LogP contribution in [0.3, 0.4) is 0 Å². The Kier molecular flexibility index (Phi) is 7.01. The van der Waals surface area contributed by atoms with Crippen LogP contribution in [0.4, 0.5) is 10.1 Å². The molecule has 144 valence electrons. The zero-order valence-corrected chi connectivity index (χ0v) is 15.5. The van der Waals surface area contributed by atoms with Gasteiger partial charge in [-0.15, -0.1) is 0 Å². The van der Waals surface area contributed by atoms with Crippen LogP contribution in [0.1, 0.15) is 12.0 Å². The molecule has 4 nitrogen and oxygen atoms in total. The van der Waals surface area contributed by atoms with Gasteiger partial charge in [-0.2, -0.15) is 0 Å². The van der Waals surface area contributed by atoms with E-state index in [4.69, 9.17) is 4.74 Å². The van der Waals surface area contributed by atoms with Crippen molar-refractivity contribution >= 4 is 11.6 Å². The van der Waals surface area contributed by atoms with Crippen molar-refractivity contribution in [3.63, 3.8) is 0 Å². The Morgan fingerprint density at radius 3 is 2.36 bits per heavy atom. The third-order valence-corrected chi connectivity index (χ3v) is 4.17. The Hall–Kier alpha value is -3.34. The lowest BCUT2D eigenvalue weighted by Crippen LogP contribution is -2.27.